The highest BCUT2D eigenvalue weighted by molar-refractivity contribution is 9.10. The highest BCUT2D eigenvalue weighted by Gasteiger charge is 2.45. The summed E-state index contributed by atoms with van der Waals surface area (Å²) in [4.78, 5) is 32.2. The van der Waals surface area contributed by atoms with Crippen LogP contribution in [0.3, 0.4) is 0 Å². The zero-order chi connectivity index (χ0) is 22.4. The van der Waals surface area contributed by atoms with Crippen LogP contribution in [0.25, 0.3) is 11.0 Å². The van der Waals surface area contributed by atoms with Gasteiger partial charge in [-0.05, 0) is 61.0 Å². The Labute approximate surface area is 191 Å². The van der Waals surface area contributed by atoms with Crippen LogP contribution in [0.15, 0.2) is 93.3 Å². The van der Waals surface area contributed by atoms with E-state index in [9.17, 15) is 14.7 Å². The van der Waals surface area contributed by atoms with Crippen molar-refractivity contribution in [2.75, 3.05) is 4.90 Å². The molecule has 1 aliphatic heterocycles. The van der Waals surface area contributed by atoms with Crippen molar-refractivity contribution in [2.24, 2.45) is 0 Å². The number of hydrogen-bond acceptors (Lipinski definition) is 5. The van der Waals surface area contributed by atoms with E-state index in [-0.39, 0.29) is 11.3 Å². The number of ketones is 1. The molecular formula is C25H17BrN2O4. The molecule has 4 aromatic rings. The molecule has 6 nitrogen and oxygen atoms in total. The Balaban J connectivity index is 1.65. The Bertz CT molecular complexity index is 1390. The molecule has 1 amide bonds. The van der Waals surface area contributed by atoms with Crippen molar-refractivity contribution >= 4 is 44.3 Å². The predicted molar refractivity (Wildman–Crippen MR) is 124 cm³/mol. The summed E-state index contributed by atoms with van der Waals surface area (Å²) in [5.41, 5.74) is 2.77. The molecule has 5 rings (SSSR count). The lowest BCUT2D eigenvalue weighted by Gasteiger charge is -2.26. The summed E-state index contributed by atoms with van der Waals surface area (Å²) >= 11 is 3.41. The van der Waals surface area contributed by atoms with Gasteiger partial charge in [-0.15, -0.1) is 0 Å². The molecule has 32 heavy (non-hydrogen) atoms. The van der Waals surface area contributed by atoms with E-state index in [4.69, 9.17) is 4.42 Å². The van der Waals surface area contributed by atoms with Gasteiger partial charge in [0.25, 0.3) is 5.91 Å². The third-order valence-corrected chi connectivity index (χ3v) is 5.98. The van der Waals surface area contributed by atoms with E-state index in [1.54, 1.807) is 48.8 Å². The first-order valence-electron chi connectivity index (χ1n) is 9.91. The lowest BCUT2D eigenvalue weighted by atomic mass is 9.95. The number of nitrogens with zero attached hydrogens (tertiary/aromatic N) is 2. The van der Waals surface area contributed by atoms with Crippen molar-refractivity contribution in [3.63, 3.8) is 0 Å². The molecule has 0 saturated carbocycles. The summed E-state index contributed by atoms with van der Waals surface area (Å²) in [5, 5.41) is 11.6. The van der Waals surface area contributed by atoms with E-state index >= 15 is 0 Å². The first kappa shape index (κ1) is 20.2. The van der Waals surface area contributed by atoms with Crippen LogP contribution in [0.2, 0.25) is 0 Å². The number of aliphatic hydroxyl groups is 1. The quantitative estimate of drug-likeness (QED) is 0.373. The van der Waals surface area contributed by atoms with Crippen molar-refractivity contribution in [1.82, 2.24) is 4.98 Å². The van der Waals surface area contributed by atoms with Crippen LogP contribution in [0, 0.1) is 6.92 Å². The maximum atomic E-state index is 13.6. The van der Waals surface area contributed by atoms with Crippen molar-refractivity contribution < 1.29 is 19.1 Å². The van der Waals surface area contributed by atoms with Gasteiger partial charge >= 0.3 is 0 Å². The number of fused-ring (bicyclic) bond motifs is 1. The van der Waals surface area contributed by atoms with Crippen LogP contribution in [0.1, 0.15) is 27.7 Å². The standard InChI is InChI=1S/C25H17BrN2O4/c1-14-2-5-18(6-3-14)28-22(15-8-10-27-11-9-15)21(24(30)25(28)31)23(29)20-13-16-12-17(26)4-7-19(16)32-20/h2-13,22,30H,1H3. The van der Waals surface area contributed by atoms with Gasteiger partial charge in [-0.3, -0.25) is 19.5 Å². The Morgan fingerprint density at radius 3 is 2.50 bits per heavy atom. The number of halogens is 1. The van der Waals surface area contributed by atoms with Gasteiger partial charge in [0, 0.05) is 27.9 Å². The minimum atomic E-state index is -0.819. The normalized spacial score (nSPS) is 16.2. The number of aryl methyl sites for hydroxylation is 1. The fraction of sp³-hybridized carbons (Fsp3) is 0.0800. The van der Waals surface area contributed by atoms with Crippen LogP contribution in [-0.4, -0.2) is 21.8 Å². The Hall–Kier alpha value is -3.71. The maximum Gasteiger partial charge on any atom is 0.294 e. The number of rotatable bonds is 4. The number of carbonyl (C=O) groups is 2. The van der Waals surface area contributed by atoms with Crippen molar-refractivity contribution in [3.8, 4) is 0 Å². The van der Waals surface area contributed by atoms with Crippen LogP contribution in [-0.2, 0) is 4.79 Å². The van der Waals surface area contributed by atoms with Crippen LogP contribution in [0.4, 0.5) is 5.69 Å². The van der Waals surface area contributed by atoms with Crippen LogP contribution >= 0.6 is 15.9 Å². The fourth-order valence-electron chi connectivity index (χ4n) is 3.93. The van der Waals surface area contributed by atoms with Gasteiger partial charge in [-0.25, -0.2) is 0 Å². The van der Waals surface area contributed by atoms with Gasteiger partial charge < -0.3 is 9.52 Å². The monoisotopic (exact) mass is 488 g/mol. The number of aromatic nitrogens is 1. The number of aliphatic hydroxyl groups excluding tert-OH is 1. The highest BCUT2D eigenvalue weighted by atomic mass is 79.9. The molecule has 1 atom stereocenters. The number of hydrogen-bond donors (Lipinski definition) is 1. The van der Waals surface area contributed by atoms with E-state index in [0.29, 0.717) is 16.8 Å². The second-order valence-electron chi connectivity index (χ2n) is 7.58. The molecule has 3 heterocycles. The summed E-state index contributed by atoms with van der Waals surface area (Å²) in [5.74, 6) is -1.71. The van der Waals surface area contributed by atoms with Crippen molar-refractivity contribution in [2.45, 2.75) is 13.0 Å². The second kappa shape index (κ2) is 7.76. The van der Waals surface area contributed by atoms with Crippen LogP contribution in [0.5, 0.6) is 0 Å². The molecule has 0 fully saturated rings. The molecule has 1 N–H and O–H groups in total. The molecule has 0 aliphatic carbocycles. The number of anilines is 1. The number of amides is 1. The summed E-state index contributed by atoms with van der Waals surface area (Å²) in [6.07, 6.45) is 3.17. The topological polar surface area (TPSA) is 83.6 Å². The van der Waals surface area contributed by atoms with Gasteiger partial charge in [-0.2, -0.15) is 0 Å². The fourth-order valence-corrected chi connectivity index (χ4v) is 4.31. The Morgan fingerprint density at radius 1 is 1.06 bits per heavy atom. The molecule has 2 aromatic carbocycles. The van der Waals surface area contributed by atoms with E-state index in [0.717, 1.165) is 15.4 Å². The average Bonchev–Trinajstić information content (AvgIpc) is 3.33. The molecule has 1 aliphatic rings. The average molecular weight is 489 g/mol. The Morgan fingerprint density at radius 2 is 1.78 bits per heavy atom. The number of Topliss-reactive ketones (excluding diaryl/α,β-unsaturated/α-hetero) is 1. The third-order valence-electron chi connectivity index (χ3n) is 5.49. The summed E-state index contributed by atoms with van der Waals surface area (Å²) in [6.45, 7) is 1.94. The maximum absolute atomic E-state index is 13.6. The first-order chi connectivity index (χ1) is 15.4. The molecule has 158 valence electrons. The minimum Gasteiger partial charge on any atom is -0.503 e. The van der Waals surface area contributed by atoms with Gasteiger partial charge in [0.05, 0.1) is 11.6 Å². The Kier molecular flexibility index (Phi) is 4.90. The summed E-state index contributed by atoms with van der Waals surface area (Å²) in [6, 6.07) is 17.0. The number of carbonyl (C=O) groups excluding carboxylic acids is 2. The van der Waals surface area contributed by atoms with E-state index in [1.165, 1.54) is 4.90 Å². The van der Waals surface area contributed by atoms with E-state index < -0.39 is 23.5 Å². The van der Waals surface area contributed by atoms with E-state index in [2.05, 4.69) is 20.9 Å². The number of furan rings is 1. The summed E-state index contributed by atoms with van der Waals surface area (Å²) in [7, 11) is 0. The molecule has 1 unspecified atom stereocenters. The van der Waals surface area contributed by atoms with Gasteiger partial charge in [0.1, 0.15) is 5.58 Å². The van der Waals surface area contributed by atoms with Gasteiger partial charge in [-0.1, -0.05) is 33.6 Å². The van der Waals surface area contributed by atoms with Gasteiger partial charge in [0.15, 0.2) is 11.5 Å². The largest absolute Gasteiger partial charge is 0.503 e. The smallest absolute Gasteiger partial charge is 0.294 e. The molecule has 0 spiro atoms. The van der Waals surface area contributed by atoms with E-state index in [1.807, 2.05) is 31.2 Å². The van der Waals surface area contributed by atoms with Crippen molar-refractivity contribution in [3.05, 3.63) is 106 Å². The highest BCUT2D eigenvalue weighted by Crippen LogP contribution is 2.42. The van der Waals surface area contributed by atoms with Crippen LogP contribution < -0.4 is 4.90 Å². The zero-order valence-electron chi connectivity index (χ0n) is 16.9. The molecule has 7 heteroatoms. The second-order valence-corrected chi connectivity index (χ2v) is 8.49. The molecular weight excluding hydrogens is 472 g/mol. The van der Waals surface area contributed by atoms with Crippen molar-refractivity contribution in [1.29, 1.82) is 0 Å². The van der Waals surface area contributed by atoms with Gasteiger partial charge in [0.2, 0.25) is 5.78 Å². The third kappa shape index (κ3) is 3.31. The SMILES string of the molecule is Cc1ccc(N2C(=O)C(O)=C(C(=O)c3cc4cc(Br)ccc4o3)C2c2ccncc2)cc1. The lowest BCUT2D eigenvalue weighted by molar-refractivity contribution is -0.117. The number of benzene rings is 2. The summed E-state index contributed by atoms with van der Waals surface area (Å²) < 4.78 is 6.61. The minimum absolute atomic E-state index is 0.0279. The number of pyridine rings is 1. The zero-order valence-corrected chi connectivity index (χ0v) is 18.5. The molecule has 0 radical (unpaired) electrons. The predicted octanol–water partition coefficient (Wildman–Crippen LogP) is 5.68. The first-order valence-corrected chi connectivity index (χ1v) is 10.7. The molecule has 0 bridgehead atoms. The molecule has 2 aromatic heterocycles. The molecule has 0 saturated heterocycles. The lowest BCUT2D eigenvalue weighted by Crippen LogP contribution is -2.31.